The normalized spacial score (nSPS) is 19.7. The number of likely N-dealkylation sites (tertiary alicyclic amines) is 1. The molecule has 0 spiro atoms. The summed E-state index contributed by atoms with van der Waals surface area (Å²) in [6.45, 7) is 1.36. The summed E-state index contributed by atoms with van der Waals surface area (Å²) in [5.74, 6) is 0.173. The van der Waals surface area contributed by atoms with Crippen LogP contribution in [-0.2, 0) is 11.3 Å². The molecule has 4 rings (SSSR count). The van der Waals surface area contributed by atoms with E-state index in [-0.39, 0.29) is 17.7 Å². The van der Waals surface area contributed by atoms with Crippen LogP contribution in [0.5, 0.6) is 0 Å². The van der Waals surface area contributed by atoms with Crippen LogP contribution in [0.15, 0.2) is 84.9 Å². The first kappa shape index (κ1) is 16.9. The van der Waals surface area contributed by atoms with Gasteiger partial charge in [-0.25, -0.2) is 0 Å². The van der Waals surface area contributed by atoms with Crippen molar-refractivity contribution in [3.8, 4) is 0 Å². The van der Waals surface area contributed by atoms with Gasteiger partial charge in [-0.15, -0.1) is 0 Å². The third-order valence-electron chi connectivity index (χ3n) is 5.07. The van der Waals surface area contributed by atoms with Gasteiger partial charge in [-0.2, -0.15) is 0 Å². The van der Waals surface area contributed by atoms with Crippen LogP contribution in [-0.4, -0.2) is 17.4 Å². The number of carbonyl (C=O) groups excluding carboxylic acids is 1. The Morgan fingerprint density at radius 3 is 2.08 bits per heavy atom. The Labute approximate surface area is 159 Å². The Bertz CT molecular complexity index is 877. The van der Waals surface area contributed by atoms with Crippen molar-refractivity contribution in [3.05, 3.63) is 107 Å². The topological polar surface area (TPSA) is 20.3 Å². The van der Waals surface area contributed by atoms with Gasteiger partial charge in [0.15, 0.2) is 0 Å². The maximum absolute atomic E-state index is 13.3. The molecule has 0 aromatic heterocycles. The molecule has 1 heterocycles. The summed E-state index contributed by atoms with van der Waals surface area (Å²) >= 11 is 6.06. The highest BCUT2D eigenvalue weighted by atomic mass is 35.5. The summed E-state index contributed by atoms with van der Waals surface area (Å²) < 4.78 is 0. The third kappa shape index (κ3) is 3.38. The minimum absolute atomic E-state index is 0.130. The summed E-state index contributed by atoms with van der Waals surface area (Å²) in [6, 6.07) is 28.2. The highest BCUT2D eigenvalue weighted by Crippen LogP contribution is 2.41. The van der Waals surface area contributed by atoms with E-state index in [2.05, 4.69) is 24.3 Å². The molecule has 1 amide bonds. The lowest BCUT2D eigenvalue weighted by Crippen LogP contribution is -2.26. The minimum atomic E-state index is -0.152. The molecule has 130 valence electrons. The van der Waals surface area contributed by atoms with E-state index in [9.17, 15) is 4.79 Å². The number of hydrogen-bond donors (Lipinski definition) is 0. The second kappa shape index (κ2) is 7.35. The molecule has 0 aliphatic carbocycles. The molecule has 3 aromatic rings. The Morgan fingerprint density at radius 1 is 0.808 bits per heavy atom. The first-order chi connectivity index (χ1) is 12.7. The van der Waals surface area contributed by atoms with Crippen LogP contribution in [0.2, 0.25) is 5.02 Å². The van der Waals surface area contributed by atoms with Crippen LogP contribution >= 0.6 is 11.6 Å². The van der Waals surface area contributed by atoms with Crippen molar-refractivity contribution in [2.75, 3.05) is 6.54 Å². The molecule has 2 unspecified atom stereocenters. The first-order valence-corrected chi connectivity index (χ1v) is 9.23. The van der Waals surface area contributed by atoms with Gasteiger partial charge in [0.2, 0.25) is 5.91 Å². The van der Waals surface area contributed by atoms with Gasteiger partial charge in [-0.3, -0.25) is 4.79 Å². The number of benzene rings is 3. The van der Waals surface area contributed by atoms with Crippen molar-refractivity contribution in [2.24, 2.45) is 0 Å². The molecule has 1 fully saturated rings. The Morgan fingerprint density at radius 2 is 1.42 bits per heavy atom. The van der Waals surface area contributed by atoms with Crippen molar-refractivity contribution in [1.29, 1.82) is 0 Å². The summed E-state index contributed by atoms with van der Waals surface area (Å²) in [4.78, 5) is 15.2. The van der Waals surface area contributed by atoms with E-state index in [1.54, 1.807) is 0 Å². The molecule has 0 saturated carbocycles. The van der Waals surface area contributed by atoms with Gasteiger partial charge in [0.05, 0.1) is 5.92 Å². The molecule has 0 N–H and O–H groups in total. The van der Waals surface area contributed by atoms with E-state index in [0.29, 0.717) is 6.54 Å². The van der Waals surface area contributed by atoms with Gasteiger partial charge in [0, 0.05) is 24.0 Å². The lowest BCUT2D eigenvalue weighted by molar-refractivity contribution is -0.129. The van der Waals surface area contributed by atoms with E-state index in [1.807, 2.05) is 65.6 Å². The molecule has 2 atom stereocenters. The third-order valence-corrected chi connectivity index (χ3v) is 5.32. The predicted octanol–water partition coefficient (Wildman–Crippen LogP) is 5.25. The number of rotatable bonds is 4. The Kier molecular flexibility index (Phi) is 4.77. The van der Waals surface area contributed by atoms with Crippen LogP contribution in [0.25, 0.3) is 0 Å². The molecule has 2 nitrogen and oxygen atoms in total. The fourth-order valence-electron chi connectivity index (χ4n) is 3.79. The van der Waals surface area contributed by atoms with Crippen molar-refractivity contribution in [1.82, 2.24) is 4.90 Å². The van der Waals surface area contributed by atoms with Crippen LogP contribution in [0.3, 0.4) is 0 Å². The maximum Gasteiger partial charge on any atom is 0.231 e. The molecule has 1 aliphatic heterocycles. The van der Waals surface area contributed by atoms with E-state index in [4.69, 9.17) is 11.6 Å². The average molecular weight is 362 g/mol. The number of carbonyl (C=O) groups is 1. The predicted molar refractivity (Wildman–Crippen MR) is 105 cm³/mol. The van der Waals surface area contributed by atoms with Gasteiger partial charge in [0.1, 0.15) is 0 Å². The van der Waals surface area contributed by atoms with Crippen molar-refractivity contribution in [2.45, 2.75) is 18.4 Å². The molecule has 1 saturated heterocycles. The van der Waals surface area contributed by atoms with Gasteiger partial charge < -0.3 is 4.90 Å². The number of nitrogens with zero attached hydrogens (tertiary/aromatic N) is 1. The van der Waals surface area contributed by atoms with Gasteiger partial charge in [0.25, 0.3) is 0 Å². The molecular weight excluding hydrogens is 342 g/mol. The van der Waals surface area contributed by atoms with Crippen molar-refractivity contribution in [3.63, 3.8) is 0 Å². The van der Waals surface area contributed by atoms with Crippen molar-refractivity contribution < 1.29 is 4.79 Å². The zero-order valence-electron chi connectivity index (χ0n) is 14.4. The lowest BCUT2D eigenvalue weighted by Gasteiger charge is -2.17. The molecule has 1 aliphatic rings. The quantitative estimate of drug-likeness (QED) is 0.621. The SMILES string of the molecule is O=C1C(c2ccccc2)C(c2ccc(Cl)cc2)CN1Cc1ccccc1. The molecule has 3 aromatic carbocycles. The smallest absolute Gasteiger partial charge is 0.231 e. The summed E-state index contributed by atoms with van der Waals surface area (Å²) in [6.07, 6.45) is 0. The highest BCUT2D eigenvalue weighted by Gasteiger charge is 2.41. The molecule has 0 bridgehead atoms. The van der Waals surface area contributed by atoms with E-state index >= 15 is 0 Å². The van der Waals surface area contributed by atoms with E-state index in [1.165, 1.54) is 0 Å². The zero-order chi connectivity index (χ0) is 17.9. The fraction of sp³-hybridized carbons (Fsp3) is 0.174. The zero-order valence-corrected chi connectivity index (χ0v) is 15.1. The van der Waals surface area contributed by atoms with Crippen LogP contribution in [0.4, 0.5) is 0 Å². The monoisotopic (exact) mass is 361 g/mol. The van der Waals surface area contributed by atoms with Gasteiger partial charge in [-0.05, 0) is 28.8 Å². The van der Waals surface area contributed by atoms with Crippen LogP contribution < -0.4 is 0 Å². The Hall–Kier alpha value is -2.58. The number of halogens is 1. The maximum atomic E-state index is 13.3. The van der Waals surface area contributed by atoms with Crippen LogP contribution in [0.1, 0.15) is 28.5 Å². The van der Waals surface area contributed by atoms with Gasteiger partial charge >= 0.3 is 0 Å². The summed E-state index contributed by atoms with van der Waals surface area (Å²) in [5.41, 5.74) is 3.39. The molecule has 3 heteroatoms. The minimum Gasteiger partial charge on any atom is -0.337 e. The average Bonchev–Trinajstić information content (AvgIpc) is 3.00. The molecule has 26 heavy (non-hydrogen) atoms. The van der Waals surface area contributed by atoms with Crippen LogP contribution in [0, 0.1) is 0 Å². The number of hydrogen-bond acceptors (Lipinski definition) is 1. The summed E-state index contributed by atoms with van der Waals surface area (Å²) in [5, 5.41) is 0.718. The van der Waals surface area contributed by atoms with E-state index in [0.717, 1.165) is 28.3 Å². The second-order valence-corrected chi connectivity index (χ2v) is 7.19. The largest absolute Gasteiger partial charge is 0.337 e. The summed E-state index contributed by atoms with van der Waals surface area (Å²) in [7, 11) is 0. The lowest BCUT2D eigenvalue weighted by atomic mass is 9.84. The molecular formula is C23H20ClNO. The highest BCUT2D eigenvalue weighted by molar-refractivity contribution is 6.30. The standard InChI is InChI=1S/C23H20ClNO/c24-20-13-11-18(12-14-20)21-16-25(15-17-7-3-1-4-8-17)23(26)22(21)19-9-5-2-6-10-19/h1-14,21-22H,15-16H2. The first-order valence-electron chi connectivity index (χ1n) is 8.85. The Balaban J connectivity index is 1.68. The van der Waals surface area contributed by atoms with E-state index < -0.39 is 0 Å². The second-order valence-electron chi connectivity index (χ2n) is 6.75. The molecule has 0 radical (unpaired) electrons. The van der Waals surface area contributed by atoms with Gasteiger partial charge in [-0.1, -0.05) is 84.4 Å². The van der Waals surface area contributed by atoms with Crippen molar-refractivity contribution >= 4 is 17.5 Å². The number of amides is 1. The fourth-order valence-corrected chi connectivity index (χ4v) is 3.92.